The lowest BCUT2D eigenvalue weighted by atomic mass is 10.1. The zero-order chi connectivity index (χ0) is 21.3. The molecule has 30 heavy (non-hydrogen) atoms. The molecule has 6 nitrogen and oxygen atoms in total. The Labute approximate surface area is 168 Å². The van der Waals surface area contributed by atoms with Crippen molar-refractivity contribution in [3.63, 3.8) is 0 Å². The molecule has 9 heteroatoms. The van der Waals surface area contributed by atoms with Crippen molar-refractivity contribution in [3.05, 3.63) is 83.3 Å². The van der Waals surface area contributed by atoms with Gasteiger partial charge in [-0.25, -0.2) is 9.37 Å². The number of fused-ring (bicyclic) bond motifs is 1. The fourth-order valence-electron chi connectivity index (χ4n) is 2.95. The van der Waals surface area contributed by atoms with Gasteiger partial charge in [-0.05, 0) is 36.4 Å². The van der Waals surface area contributed by atoms with Crippen molar-refractivity contribution in [2.45, 2.75) is 12.5 Å². The number of ether oxygens (including phenoxy) is 1. The first-order valence-corrected chi connectivity index (χ1v) is 8.82. The highest BCUT2D eigenvalue weighted by molar-refractivity contribution is 6.07. The standard InChI is InChI=1S/C21H14F3N3O3/c22-16-6-2-1-4-12(16)11-30-19-14(5-3-9-25-19)18(28)26-13-7-8-17-15(10-13)21(23,24)20(29)27-17/h1-10H,11H2,(H,26,28)(H,27,29). The molecule has 1 aromatic heterocycles. The van der Waals surface area contributed by atoms with E-state index in [1.807, 2.05) is 0 Å². The molecule has 0 bridgehead atoms. The third kappa shape index (κ3) is 3.57. The predicted octanol–water partition coefficient (Wildman–Crippen LogP) is 4.10. The molecule has 0 radical (unpaired) electrons. The monoisotopic (exact) mass is 413 g/mol. The Kier molecular flexibility index (Phi) is 4.86. The maximum Gasteiger partial charge on any atom is 0.352 e. The molecule has 0 unspecified atom stereocenters. The van der Waals surface area contributed by atoms with Crippen molar-refractivity contribution < 1.29 is 27.5 Å². The molecule has 2 heterocycles. The fourth-order valence-corrected chi connectivity index (χ4v) is 2.95. The number of hydrogen-bond donors (Lipinski definition) is 2. The van der Waals surface area contributed by atoms with Gasteiger partial charge in [0.1, 0.15) is 18.0 Å². The van der Waals surface area contributed by atoms with Gasteiger partial charge >= 0.3 is 5.92 Å². The minimum absolute atomic E-state index is 0.0155. The molecule has 0 saturated heterocycles. The molecule has 2 N–H and O–H groups in total. The third-order valence-electron chi connectivity index (χ3n) is 4.49. The van der Waals surface area contributed by atoms with E-state index in [1.165, 1.54) is 42.6 Å². The van der Waals surface area contributed by atoms with Crippen LogP contribution in [0.4, 0.5) is 24.5 Å². The van der Waals surface area contributed by atoms with E-state index in [1.54, 1.807) is 12.1 Å². The lowest BCUT2D eigenvalue weighted by Gasteiger charge is -2.12. The number of pyridine rings is 1. The average molecular weight is 413 g/mol. The predicted molar refractivity (Wildman–Crippen MR) is 102 cm³/mol. The molecular weight excluding hydrogens is 399 g/mol. The van der Waals surface area contributed by atoms with Gasteiger partial charge < -0.3 is 15.4 Å². The van der Waals surface area contributed by atoms with Gasteiger partial charge in [0.15, 0.2) is 0 Å². The minimum Gasteiger partial charge on any atom is -0.472 e. The van der Waals surface area contributed by atoms with Gasteiger partial charge in [0.2, 0.25) is 5.88 Å². The van der Waals surface area contributed by atoms with Gasteiger partial charge in [0.05, 0.1) is 11.3 Å². The Bertz CT molecular complexity index is 1150. The number of aromatic nitrogens is 1. The number of alkyl halides is 2. The molecule has 0 aliphatic carbocycles. The van der Waals surface area contributed by atoms with Crippen molar-refractivity contribution in [2.75, 3.05) is 10.6 Å². The zero-order valence-corrected chi connectivity index (χ0v) is 15.3. The molecule has 1 aliphatic rings. The molecule has 3 aromatic rings. The van der Waals surface area contributed by atoms with Gasteiger partial charge in [-0.2, -0.15) is 8.78 Å². The van der Waals surface area contributed by atoms with E-state index in [0.717, 1.165) is 6.07 Å². The summed E-state index contributed by atoms with van der Waals surface area (Å²) in [5, 5.41) is 4.57. The minimum atomic E-state index is -3.68. The molecule has 2 aromatic carbocycles. The van der Waals surface area contributed by atoms with Gasteiger partial charge in [-0.3, -0.25) is 9.59 Å². The van der Waals surface area contributed by atoms with Crippen LogP contribution >= 0.6 is 0 Å². The lowest BCUT2D eigenvalue weighted by molar-refractivity contribution is -0.139. The summed E-state index contributed by atoms with van der Waals surface area (Å²) in [7, 11) is 0. The van der Waals surface area contributed by atoms with Crippen molar-refractivity contribution in [3.8, 4) is 5.88 Å². The zero-order valence-electron chi connectivity index (χ0n) is 15.3. The lowest BCUT2D eigenvalue weighted by Crippen LogP contribution is -2.23. The highest BCUT2D eigenvalue weighted by Gasteiger charge is 2.48. The van der Waals surface area contributed by atoms with Gasteiger partial charge in [-0.1, -0.05) is 18.2 Å². The van der Waals surface area contributed by atoms with E-state index in [0.29, 0.717) is 0 Å². The van der Waals surface area contributed by atoms with Crippen LogP contribution in [0, 0.1) is 5.82 Å². The summed E-state index contributed by atoms with van der Waals surface area (Å²) >= 11 is 0. The molecule has 1 aliphatic heterocycles. The first-order valence-electron chi connectivity index (χ1n) is 8.82. The first kappa shape index (κ1) is 19.4. The van der Waals surface area contributed by atoms with Gasteiger partial charge in [-0.15, -0.1) is 0 Å². The molecule has 0 fully saturated rings. The Hall–Kier alpha value is -3.88. The van der Waals surface area contributed by atoms with E-state index in [9.17, 15) is 22.8 Å². The van der Waals surface area contributed by atoms with Crippen LogP contribution in [0.25, 0.3) is 0 Å². The number of amides is 2. The molecule has 152 valence electrons. The smallest absolute Gasteiger partial charge is 0.352 e. The summed E-state index contributed by atoms with van der Waals surface area (Å²) in [5.74, 6) is -6.26. The highest BCUT2D eigenvalue weighted by atomic mass is 19.3. The third-order valence-corrected chi connectivity index (χ3v) is 4.49. The summed E-state index contributed by atoms with van der Waals surface area (Å²) in [6, 6.07) is 12.7. The summed E-state index contributed by atoms with van der Waals surface area (Å²) in [5.41, 5.74) is -0.146. The normalized spacial score (nSPS) is 14.0. The fraction of sp³-hybridized carbons (Fsp3) is 0.0952. The Morgan fingerprint density at radius 1 is 1.13 bits per heavy atom. The number of hydrogen-bond acceptors (Lipinski definition) is 4. The van der Waals surface area contributed by atoms with Crippen molar-refractivity contribution in [2.24, 2.45) is 0 Å². The van der Waals surface area contributed by atoms with Crippen LogP contribution in [0.5, 0.6) is 5.88 Å². The van der Waals surface area contributed by atoms with Crippen LogP contribution in [-0.4, -0.2) is 16.8 Å². The number of nitrogens with zero attached hydrogens (tertiary/aromatic N) is 1. The number of anilines is 2. The quantitative estimate of drug-likeness (QED) is 0.660. The van der Waals surface area contributed by atoms with Crippen LogP contribution in [0.1, 0.15) is 21.5 Å². The van der Waals surface area contributed by atoms with Gasteiger partial charge in [0.25, 0.3) is 11.8 Å². The summed E-state index contributed by atoms with van der Waals surface area (Å²) in [6.07, 6.45) is 1.40. The summed E-state index contributed by atoms with van der Waals surface area (Å²) < 4.78 is 47.2. The Morgan fingerprint density at radius 3 is 2.73 bits per heavy atom. The number of carbonyl (C=O) groups is 2. The molecule has 0 atom stereocenters. The van der Waals surface area contributed by atoms with E-state index in [2.05, 4.69) is 15.6 Å². The second-order valence-corrected chi connectivity index (χ2v) is 6.48. The van der Waals surface area contributed by atoms with Crippen molar-refractivity contribution >= 4 is 23.2 Å². The van der Waals surface area contributed by atoms with E-state index in [-0.39, 0.29) is 35.0 Å². The SMILES string of the molecule is O=C(Nc1ccc2c(c1)C(F)(F)C(=O)N2)c1cccnc1OCc1ccccc1F. The second kappa shape index (κ2) is 7.51. The van der Waals surface area contributed by atoms with E-state index < -0.39 is 29.1 Å². The van der Waals surface area contributed by atoms with E-state index in [4.69, 9.17) is 4.74 Å². The largest absolute Gasteiger partial charge is 0.472 e. The van der Waals surface area contributed by atoms with E-state index >= 15 is 0 Å². The van der Waals surface area contributed by atoms with Crippen LogP contribution in [0.3, 0.4) is 0 Å². The van der Waals surface area contributed by atoms with Crippen LogP contribution in [0.15, 0.2) is 60.8 Å². The number of halogens is 3. The molecule has 0 spiro atoms. The maximum absolute atomic E-state index is 13.9. The van der Waals surface area contributed by atoms with Gasteiger partial charge in [0, 0.05) is 17.4 Å². The highest BCUT2D eigenvalue weighted by Crippen LogP contribution is 2.41. The van der Waals surface area contributed by atoms with Crippen LogP contribution in [0.2, 0.25) is 0 Å². The Morgan fingerprint density at radius 2 is 1.93 bits per heavy atom. The van der Waals surface area contributed by atoms with Crippen molar-refractivity contribution in [1.29, 1.82) is 0 Å². The number of rotatable bonds is 5. The number of nitrogens with one attached hydrogen (secondary N) is 2. The van der Waals surface area contributed by atoms with Crippen LogP contribution < -0.4 is 15.4 Å². The summed E-state index contributed by atoms with van der Waals surface area (Å²) in [4.78, 5) is 28.0. The van der Waals surface area contributed by atoms with Crippen LogP contribution in [-0.2, 0) is 17.3 Å². The second-order valence-electron chi connectivity index (χ2n) is 6.48. The molecule has 0 saturated carbocycles. The van der Waals surface area contributed by atoms with Crippen molar-refractivity contribution in [1.82, 2.24) is 4.98 Å². The summed E-state index contributed by atoms with van der Waals surface area (Å²) in [6.45, 7) is -0.150. The molecular formula is C21H14F3N3O3. The average Bonchev–Trinajstić information content (AvgIpc) is 2.96. The molecule has 4 rings (SSSR count). The first-order chi connectivity index (χ1) is 14.4. The molecule has 2 amide bonds. The maximum atomic E-state index is 13.9. The number of benzene rings is 2. The Balaban J connectivity index is 1.53. The topological polar surface area (TPSA) is 80.3 Å². The number of carbonyl (C=O) groups excluding carboxylic acids is 2.